The monoisotopic (exact) mass is 378 g/mol. The van der Waals surface area contributed by atoms with Gasteiger partial charge in [-0.15, -0.1) is 11.8 Å². The summed E-state index contributed by atoms with van der Waals surface area (Å²) < 4.78 is 0. The first-order valence-corrected chi connectivity index (χ1v) is 10.6. The van der Waals surface area contributed by atoms with E-state index in [1.807, 2.05) is 64.4 Å². The molecule has 2 aliphatic heterocycles. The zero-order valence-electron chi connectivity index (χ0n) is 15.1. The first-order chi connectivity index (χ1) is 13.2. The fourth-order valence-corrected chi connectivity index (χ4v) is 5.86. The summed E-state index contributed by atoms with van der Waals surface area (Å²) in [7, 11) is 0. The van der Waals surface area contributed by atoms with Crippen molar-refractivity contribution < 1.29 is 9.59 Å². The van der Waals surface area contributed by atoms with E-state index in [4.69, 9.17) is 0 Å². The van der Waals surface area contributed by atoms with Crippen molar-refractivity contribution in [2.45, 2.75) is 30.7 Å². The third-order valence-electron chi connectivity index (χ3n) is 6.00. The molecule has 1 saturated heterocycles. The fraction of sp³-hybridized carbons (Fsp3) is 0.364. The summed E-state index contributed by atoms with van der Waals surface area (Å²) >= 11 is 1.62. The first-order valence-electron chi connectivity index (χ1n) is 9.62. The van der Waals surface area contributed by atoms with Gasteiger partial charge in [0.25, 0.3) is 5.91 Å². The first kappa shape index (κ1) is 16.9. The second-order valence-corrected chi connectivity index (χ2v) is 8.79. The number of para-hydroxylation sites is 1. The van der Waals surface area contributed by atoms with Crippen LogP contribution in [-0.2, 0) is 21.0 Å². The number of hydrogen-bond donors (Lipinski definition) is 0. The van der Waals surface area contributed by atoms with Crippen molar-refractivity contribution in [1.29, 1.82) is 0 Å². The summed E-state index contributed by atoms with van der Waals surface area (Å²) in [4.78, 5) is 29.8. The van der Waals surface area contributed by atoms with Crippen LogP contribution in [0.1, 0.15) is 30.4 Å². The van der Waals surface area contributed by atoms with Crippen LogP contribution in [0.15, 0.2) is 54.6 Å². The standard InChI is InChI=1S/C22H22N2O2S/c25-20(17-9-6-10-17)24-13-14-27-22(24)18-11-4-5-12-19(18)23(21(22)26)15-16-7-2-1-3-8-16/h1-5,7-8,11-12,17H,6,9-10,13-15H2/t22-/m1/s1. The molecule has 1 saturated carbocycles. The van der Waals surface area contributed by atoms with Gasteiger partial charge >= 0.3 is 0 Å². The van der Waals surface area contributed by atoms with E-state index in [1.54, 1.807) is 11.8 Å². The van der Waals surface area contributed by atoms with Gasteiger partial charge in [0.2, 0.25) is 5.91 Å². The van der Waals surface area contributed by atoms with Crippen molar-refractivity contribution in [2.75, 3.05) is 17.2 Å². The predicted octanol–water partition coefficient (Wildman–Crippen LogP) is 3.76. The molecule has 138 valence electrons. The Hall–Kier alpha value is -2.27. The molecular weight excluding hydrogens is 356 g/mol. The van der Waals surface area contributed by atoms with Gasteiger partial charge in [-0.1, -0.05) is 55.0 Å². The number of carbonyl (C=O) groups is 2. The van der Waals surface area contributed by atoms with E-state index in [1.165, 1.54) is 0 Å². The van der Waals surface area contributed by atoms with Crippen molar-refractivity contribution in [1.82, 2.24) is 4.90 Å². The molecule has 2 amide bonds. The van der Waals surface area contributed by atoms with Gasteiger partial charge in [0.1, 0.15) is 0 Å². The normalized spacial score (nSPS) is 24.4. The van der Waals surface area contributed by atoms with Crippen LogP contribution in [0.2, 0.25) is 0 Å². The lowest BCUT2D eigenvalue weighted by atomic mass is 9.84. The van der Waals surface area contributed by atoms with Crippen LogP contribution in [0.5, 0.6) is 0 Å². The average molecular weight is 378 g/mol. The quantitative estimate of drug-likeness (QED) is 0.816. The molecule has 1 atom stereocenters. The number of amides is 2. The highest BCUT2D eigenvalue weighted by atomic mass is 32.2. The molecular formula is C22H22N2O2S. The van der Waals surface area contributed by atoms with Gasteiger partial charge in [0, 0.05) is 23.8 Å². The van der Waals surface area contributed by atoms with Gasteiger partial charge in [0.15, 0.2) is 4.87 Å². The number of carbonyl (C=O) groups excluding carboxylic acids is 2. The van der Waals surface area contributed by atoms with Crippen molar-refractivity contribution in [3.63, 3.8) is 0 Å². The Morgan fingerprint density at radius 3 is 2.56 bits per heavy atom. The molecule has 0 radical (unpaired) electrons. The number of rotatable bonds is 3. The van der Waals surface area contributed by atoms with Crippen molar-refractivity contribution in [2.24, 2.45) is 5.92 Å². The van der Waals surface area contributed by atoms with E-state index in [0.29, 0.717) is 13.1 Å². The number of thioether (sulfide) groups is 1. The average Bonchev–Trinajstić information content (AvgIpc) is 3.19. The van der Waals surface area contributed by atoms with Crippen LogP contribution in [0, 0.1) is 5.92 Å². The molecule has 2 heterocycles. The summed E-state index contributed by atoms with van der Waals surface area (Å²) in [6.07, 6.45) is 3.04. The minimum Gasteiger partial charge on any atom is -0.315 e. The number of nitrogens with zero attached hydrogens (tertiary/aromatic N) is 2. The van der Waals surface area contributed by atoms with Gasteiger partial charge in [-0.05, 0) is 24.5 Å². The molecule has 0 N–H and O–H groups in total. The van der Waals surface area contributed by atoms with Crippen molar-refractivity contribution >= 4 is 29.3 Å². The molecule has 1 aliphatic carbocycles. The third-order valence-corrected chi connectivity index (χ3v) is 7.42. The Morgan fingerprint density at radius 2 is 1.81 bits per heavy atom. The Kier molecular flexibility index (Phi) is 4.01. The maximum absolute atomic E-state index is 13.7. The molecule has 2 aromatic rings. The maximum Gasteiger partial charge on any atom is 0.268 e. The van der Waals surface area contributed by atoms with Crippen molar-refractivity contribution in [3.8, 4) is 0 Å². The Morgan fingerprint density at radius 1 is 1.07 bits per heavy atom. The van der Waals surface area contributed by atoms with Crippen LogP contribution in [0.4, 0.5) is 5.69 Å². The molecule has 2 fully saturated rings. The Labute approximate surface area is 163 Å². The van der Waals surface area contributed by atoms with E-state index in [9.17, 15) is 9.59 Å². The molecule has 5 rings (SSSR count). The molecule has 27 heavy (non-hydrogen) atoms. The molecule has 2 aromatic carbocycles. The topological polar surface area (TPSA) is 40.6 Å². The van der Waals surface area contributed by atoms with Crippen LogP contribution < -0.4 is 4.90 Å². The highest BCUT2D eigenvalue weighted by Crippen LogP contribution is 2.55. The largest absolute Gasteiger partial charge is 0.315 e. The predicted molar refractivity (Wildman–Crippen MR) is 107 cm³/mol. The van der Waals surface area contributed by atoms with Gasteiger partial charge in [-0.2, -0.15) is 0 Å². The van der Waals surface area contributed by atoms with Crippen molar-refractivity contribution in [3.05, 3.63) is 65.7 Å². The zero-order valence-corrected chi connectivity index (χ0v) is 16.0. The van der Waals surface area contributed by atoms with Crippen LogP contribution in [-0.4, -0.2) is 29.0 Å². The number of benzene rings is 2. The lowest BCUT2D eigenvalue weighted by Gasteiger charge is -2.37. The van der Waals surface area contributed by atoms with E-state index in [2.05, 4.69) is 0 Å². The summed E-state index contributed by atoms with van der Waals surface area (Å²) in [5, 5.41) is 0. The van der Waals surface area contributed by atoms with E-state index >= 15 is 0 Å². The van der Waals surface area contributed by atoms with E-state index < -0.39 is 4.87 Å². The number of hydrogen-bond acceptors (Lipinski definition) is 3. The lowest BCUT2D eigenvalue weighted by Crippen LogP contribution is -2.52. The fourth-order valence-electron chi connectivity index (χ4n) is 4.39. The van der Waals surface area contributed by atoms with Crippen LogP contribution in [0.25, 0.3) is 0 Å². The molecule has 0 aromatic heterocycles. The molecule has 3 aliphatic rings. The van der Waals surface area contributed by atoms with E-state index in [0.717, 1.165) is 41.8 Å². The second-order valence-electron chi connectivity index (χ2n) is 7.50. The maximum atomic E-state index is 13.7. The molecule has 1 spiro atoms. The third kappa shape index (κ3) is 2.44. The summed E-state index contributed by atoms with van der Waals surface area (Å²) in [6, 6.07) is 18.0. The van der Waals surface area contributed by atoms with Gasteiger partial charge < -0.3 is 9.80 Å². The zero-order chi connectivity index (χ0) is 18.4. The summed E-state index contributed by atoms with van der Waals surface area (Å²) in [5.41, 5.74) is 3.01. The molecule has 0 unspecified atom stereocenters. The number of anilines is 1. The van der Waals surface area contributed by atoms with Crippen LogP contribution >= 0.6 is 11.8 Å². The molecule has 5 heteroatoms. The lowest BCUT2D eigenvalue weighted by molar-refractivity contribution is -0.145. The highest BCUT2D eigenvalue weighted by Gasteiger charge is 2.59. The minimum atomic E-state index is -0.877. The molecule has 4 nitrogen and oxygen atoms in total. The Bertz CT molecular complexity index is 896. The van der Waals surface area contributed by atoms with Gasteiger partial charge in [0.05, 0.1) is 12.2 Å². The van der Waals surface area contributed by atoms with Crippen LogP contribution in [0.3, 0.4) is 0 Å². The second kappa shape index (κ2) is 6.41. The summed E-state index contributed by atoms with van der Waals surface area (Å²) in [5.74, 6) is 1.10. The smallest absolute Gasteiger partial charge is 0.268 e. The Balaban J connectivity index is 1.56. The van der Waals surface area contributed by atoms with Gasteiger partial charge in [-0.25, -0.2) is 0 Å². The SMILES string of the molecule is O=C(C1CCC1)N1CCS[C@]12C(=O)N(Cc1ccccc1)c1ccccc12. The highest BCUT2D eigenvalue weighted by molar-refractivity contribution is 8.01. The number of fused-ring (bicyclic) bond motifs is 2. The van der Waals surface area contributed by atoms with Gasteiger partial charge in [-0.3, -0.25) is 9.59 Å². The molecule has 0 bridgehead atoms. The summed E-state index contributed by atoms with van der Waals surface area (Å²) in [6.45, 7) is 1.18. The minimum absolute atomic E-state index is 0.0303. The van der Waals surface area contributed by atoms with E-state index in [-0.39, 0.29) is 17.7 Å².